The molecular formula is C29H33BrN4O3. The van der Waals surface area contributed by atoms with Crippen LogP contribution in [0.3, 0.4) is 0 Å². The van der Waals surface area contributed by atoms with Gasteiger partial charge in [-0.05, 0) is 80.9 Å². The van der Waals surface area contributed by atoms with Crippen molar-refractivity contribution in [2.45, 2.75) is 70.9 Å². The lowest BCUT2D eigenvalue weighted by molar-refractivity contribution is -0.135. The minimum Gasteiger partial charge on any atom is -0.299 e. The summed E-state index contributed by atoms with van der Waals surface area (Å²) >= 11 is 3.78. The maximum absolute atomic E-state index is 13.7. The van der Waals surface area contributed by atoms with Gasteiger partial charge in [0, 0.05) is 17.4 Å². The quantitative estimate of drug-likeness (QED) is 0.442. The molecule has 2 aliphatic rings. The van der Waals surface area contributed by atoms with Crippen molar-refractivity contribution in [2.24, 2.45) is 0 Å². The Morgan fingerprint density at radius 3 is 2.49 bits per heavy atom. The molecule has 0 bridgehead atoms. The SMILES string of the molecule is Cc1nc2cccc(CCc3ccc(CN4CCCCCC4)cc3Br)c2c(=O)n1C1CCC(=O)NC1=O. The number of aryl methyl sites for hydroxylation is 3. The monoisotopic (exact) mass is 564 g/mol. The summed E-state index contributed by atoms with van der Waals surface area (Å²) in [6.45, 7) is 5.06. The summed E-state index contributed by atoms with van der Waals surface area (Å²) < 4.78 is 2.55. The van der Waals surface area contributed by atoms with Gasteiger partial charge in [-0.2, -0.15) is 0 Å². The molecule has 1 aromatic heterocycles. The van der Waals surface area contributed by atoms with E-state index in [4.69, 9.17) is 0 Å². The van der Waals surface area contributed by atoms with Crippen LogP contribution in [0.25, 0.3) is 10.9 Å². The van der Waals surface area contributed by atoms with Crippen molar-refractivity contribution in [3.8, 4) is 0 Å². The van der Waals surface area contributed by atoms with Gasteiger partial charge >= 0.3 is 0 Å². The Labute approximate surface area is 225 Å². The van der Waals surface area contributed by atoms with E-state index in [0.717, 1.165) is 23.0 Å². The second-order valence-corrected chi connectivity index (χ2v) is 11.1. The lowest BCUT2D eigenvalue weighted by Crippen LogP contribution is -2.45. The molecule has 0 saturated carbocycles. The van der Waals surface area contributed by atoms with Crippen LogP contribution in [0, 0.1) is 6.92 Å². The highest BCUT2D eigenvalue weighted by Crippen LogP contribution is 2.25. The Bertz CT molecular complexity index is 1390. The van der Waals surface area contributed by atoms with E-state index in [2.05, 4.69) is 49.3 Å². The van der Waals surface area contributed by atoms with Gasteiger partial charge in [-0.1, -0.05) is 53.0 Å². The molecule has 37 heavy (non-hydrogen) atoms. The van der Waals surface area contributed by atoms with Gasteiger partial charge in [0.1, 0.15) is 11.9 Å². The number of halogens is 1. The van der Waals surface area contributed by atoms with E-state index in [1.165, 1.54) is 54.5 Å². The predicted octanol–water partition coefficient (Wildman–Crippen LogP) is 4.61. The normalized spacial score (nSPS) is 19.1. The third-order valence-corrected chi connectivity index (χ3v) is 8.34. The average Bonchev–Trinajstić information content (AvgIpc) is 3.13. The average molecular weight is 566 g/mol. The number of benzene rings is 2. The summed E-state index contributed by atoms with van der Waals surface area (Å²) in [6, 6.07) is 11.7. The summed E-state index contributed by atoms with van der Waals surface area (Å²) in [5, 5.41) is 2.91. The molecule has 1 unspecified atom stereocenters. The minimum atomic E-state index is -0.721. The highest BCUT2D eigenvalue weighted by molar-refractivity contribution is 9.10. The van der Waals surface area contributed by atoms with Gasteiger partial charge in [-0.25, -0.2) is 4.98 Å². The molecule has 2 saturated heterocycles. The first-order valence-corrected chi connectivity index (χ1v) is 14.0. The molecule has 0 aliphatic carbocycles. The highest BCUT2D eigenvalue weighted by atomic mass is 79.9. The molecule has 3 aromatic rings. The topological polar surface area (TPSA) is 84.3 Å². The van der Waals surface area contributed by atoms with Crippen molar-refractivity contribution in [1.82, 2.24) is 19.8 Å². The Morgan fingerprint density at radius 1 is 1.00 bits per heavy atom. The molecule has 3 heterocycles. The van der Waals surface area contributed by atoms with Crippen LogP contribution < -0.4 is 10.9 Å². The van der Waals surface area contributed by atoms with E-state index in [9.17, 15) is 14.4 Å². The van der Waals surface area contributed by atoms with Gasteiger partial charge in [-0.15, -0.1) is 0 Å². The lowest BCUT2D eigenvalue weighted by atomic mass is 9.99. The van der Waals surface area contributed by atoms with Crippen LogP contribution in [-0.4, -0.2) is 39.4 Å². The van der Waals surface area contributed by atoms with Crippen LogP contribution in [0.4, 0.5) is 0 Å². The number of likely N-dealkylation sites (tertiary alicyclic amines) is 1. The number of carbonyl (C=O) groups excluding carboxylic acids is 2. The Morgan fingerprint density at radius 2 is 1.76 bits per heavy atom. The van der Waals surface area contributed by atoms with Crippen molar-refractivity contribution >= 4 is 38.6 Å². The fraction of sp³-hybridized carbons (Fsp3) is 0.448. The first-order valence-electron chi connectivity index (χ1n) is 13.2. The predicted molar refractivity (Wildman–Crippen MR) is 147 cm³/mol. The zero-order valence-corrected chi connectivity index (χ0v) is 22.8. The number of nitrogens with zero attached hydrogens (tertiary/aromatic N) is 3. The fourth-order valence-corrected chi connectivity index (χ4v) is 6.26. The molecule has 1 atom stereocenters. The van der Waals surface area contributed by atoms with Gasteiger partial charge in [-0.3, -0.25) is 29.2 Å². The standard InChI is InChI=1S/C29H33BrN4O3/c1-19-31-24-8-6-7-22(27(24)29(37)34(19)25-13-14-26(35)32-28(25)36)12-11-21-10-9-20(17-23(21)30)18-33-15-4-2-3-5-16-33/h6-10,17,25H,2-5,11-16,18H2,1H3,(H,32,35,36). The van der Waals surface area contributed by atoms with Crippen LogP contribution in [0.15, 0.2) is 45.7 Å². The number of piperidine rings is 1. The summed E-state index contributed by atoms with van der Waals surface area (Å²) in [7, 11) is 0. The number of imide groups is 1. The second kappa shape index (κ2) is 11.3. The third-order valence-electron chi connectivity index (χ3n) is 7.60. The van der Waals surface area contributed by atoms with Crippen LogP contribution in [0.1, 0.15) is 67.1 Å². The molecule has 8 heteroatoms. The van der Waals surface area contributed by atoms with Gasteiger partial charge < -0.3 is 0 Å². The molecule has 1 N–H and O–H groups in total. The Balaban J connectivity index is 1.37. The lowest BCUT2D eigenvalue weighted by Gasteiger charge is -2.24. The molecular weight excluding hydrogens is 532 g/mol. The molecule has 2 aliphatic heterocycles. The molecule has 2 fully saturated rings. The maximum atomic E-state index is 13.7. The molecule has 5 rings (SSSR count). The van der Waals surface area contributed by atoms with Crippen molar-refractivity contribution in [1.29, 1.82) is 0 Å². The first kappa shape index (κ1) is 25.8. The summed E-state index contributed by atoms with van der Waals surface area (Å²) in [4.78, 5) is 45.0. The number of fused-ring (bicyclic) bond motifs is 1. The van der Waals surface area contributed by atoms with E-state index in [-0.39, 0.29) is 17.9 Å². The zero-order chi connectivity index (χ0) is 25.9. The zero-order valence-electron chi connectivity index (χ0n) is 21.3. The van der Waals surface area contributed by atoms with Crippen LogP contribution in [0.5, 0.6) is 0 Å². The highest BCUT2D eigenvalue weighted by Gasteiger charge is 2.30. The third kappa shape index (κ3) is 5.70. The Hall–Kier alpha value is -2.84. The van der Waals surface area contributed by atoms with E-state index in [1.807, 2.05) is 18.2 Å². The molecule has 0 radical (unpaired) electrons. The van der Waals surface area contributed by atoms with Gasteiger partial charge in [0.15, 0.2) is 0 Å². The van der Waals surface area contributed by atoms with E-state index in [0.29, 0.717) is 29.6 Å². The van der Waals surface area contributed by atoms with E-state index in [1.54, 1.807) is 6.92 Å². The van der Waals surface area contributed by atoms with Gasteiger partial charge in [0.25, 0.3) is 5.56 Å². The van der Waals surface area contributed by atoms with Crippen molar-refractivity contribution in [3.63, 3.8) is 0 Å². The first-order chi connectivity index (χ1) is 17.9. The summed E-state index contributed by atoms with van der Waals surface area (Å²) in [5.41, 5.74) is 3.84. The number of amides is 2. The number of aromatic nitrogens is 2. The molecule has 0 spiro atoms. The fourth-order valence-electron chi connectivity index (χ4n) is 5.64. The number of rotatable bonds is 6. The molecule has 2 amide bonds. The van der Waals surface area contributed by atoms with Crippen molar-refractivity contribution in [3.05, 3.63) is 73.7 Å². The molecule has 194 valence electrons. The van der Waals surface area contributed by atoms with Gasteiger partial charge in [0.05, 0.1) is 10.9 Å². The largest absolute Gasteiger partial charge is 0.299 e. The summed E-state index contributed by atoms with van der Waals surface area (Å²) in [6.07, 6.45) is 7.20. The number of hydrogen-bond acceptors (Lipinski definition) is 5. The second-order valence-electron chi connectivity index (χ2n) is 10.2. The minimum absolute atomic E-state index is 0.212. The Kier molecular flexibility index (Phi) is 7.86. The van der Waals surface area contributed by atoms with E-state index >= 15 is 0 Å². The van der Waals surface area contributed by atoms with Crippen LogP contribution >= 0.6 is 15.9 Å². The van der Waals surface area contributed by atoms with Crippen LogP contribution in [0.2, 0.25) is 0 Å². The van der Waals surface area contributed by atoms with Crippen molar-refractivity contribution in [2.75, 3.05) is 13.1 Å². The summed E-state index contributed by atoms with van der Waals surface area (Å²) in [5.74, 6) is -0.263. The number of nitrogens with one attached hydrogen (secondary N) is 1. The molecule has 2 aromatic carbocycles. The van der Waals surface area contributed by atoms with Crippen LogP contribution in [-0.2, 0) is 29.0 Å². The maximum Gasteiger partial charge on any atom is 0.262 e. The number of carbonyl (C=O) groups is 2. The van der Waals surface area contributed by atoms with E-state index < -0.39 is 11.9 Å². The number of hydrogen-bond donors (Lipinski definition) is 1. The van der Waals surface area contributed by atoms with Gasteiger partial charge in [0.2, 0.25) is 11.8 Å². The van der Waals surface area contributed by atoms with Crippen molar-refractivity contribution < 1.29 is 9.59 Å². The smallest absolute Gasteiger partial charge is 0.262 e. The molecule has 7 nitrogen and oxygen atoms in total.